The summed E-state index contributed by atoms with van der Waals surface area (Å²) in [7, 11) is -4.12. The van der Waals surface area contributed by atoms with Crippen LogP contribution >= 0.6 is 0 Å². The molecule has 0 spiro atoms. The molecular weight excluding hydrogens is 281 g/mol. The molecule has 1 heterocycles. The van der Waals surface area contributed by atoms with Crippen LogP contribution in [0.3, 0.4) is 0 Å². The van der Waals surface area contributed by atoms with Gasteiger partial charge < -0.3 is 5.73 Å². The van der Waals surface area contributed by atoms with Gasteiger partial charge in [0.15, 0.2) is 0 Å². The highest BCUT2D eigenvalue weighted by Gasteiger charge is 2.22. The van der Waals surface area contributed by atoms with Crippen LogP contribution in [0.2, 0.25) is 0 Å². The maximum atomic E-state index is 13.7. The molecule has 2 aromatic rings. The summed E-state index contributed by atoms with van der Waals surface area (Å²) in [5.41, 5.74) is 6.89. The predicted molar refractivity (Wildman–Crippen MR) is 75.3 cm³/mol. The van der Waals surface area contributed by atoms with Crippen LogP contribution in [0.5, 0.6) is 0 Å². The molecule has 1 aromatic heterocycles. The lowest BCUT2D eigenvalue weighted by molar-refractivity contribution is 0.571. The van der Waals surface area contributed by atoms with Crippen LogP contribution in [0.25, 0.3) is 0 Å². The number of hydrogen-bond acceptors (Lipinski definition) is 4. The van der Waals surface area contributed by atoms with Crippen LogP contribution in [0, 0.1) is 19.7 Å². The molecule has 0 saturated carbocycles. The summed E-state index contributed by atoms with van der Waals surface area (Å²) in [6.45, 7) is 3.55. The van der Waals surface area contributed by atoms with E-state index in [1.165, 1.54) is 12.1 Å². The summed E-state index contributed by atoms with van der Waals surface area (Å²) in [6, 6.07) is 7.07. The molecule has 106 valence electrons. The molecule has 0 aliphatic rings. The van der Waals surface area contributed by atoms with E-state index >= 15 is 0 Å². The highest BCUT2D eigenvalue weighted by Crippen LogP contribution is 2.24. The van der Waals surface area contributed by atoms with Crippen molar-refractivity contribution in [3.8, 4) is 0 Å². The number of nitrogens with one attached hydrogen (secondary N) is 1. The van der Waals surface area contributed by atoms with E-state index in [0.29, 0.717) is 5.69 Å². The number of nitrogens with two attached hydrogens (primary N) is 1. The van der Waals surface area contributed by atoms with Crippen LogP contribution in [0.4, 0.5) is 15.9 Å². The third-order valence-electron chi connectivity index (χ3n) is 2.60. The summed E-state index contributed by atoms with van der Waals surface area (Å²) in [4.78, 5) is 3.48. The molecular formula is C13H14FN3O2S. The van der Waals surface area contributed by atoms with Crippen molar-refractivity contribution >= 4 is 21.5 Å². The molecule has 0 bridgehead atoms. The first-order valence-electron chi connectivity index (χ1n) is 5.82. The number of rotatable bonds is 3. The Morgan fingerprint density at radius 2 is 1.95 bits per heavy atom. The minimum atomic E-state index is -4.12. The highest BCUT2D eigenvalue weighted by molar-refractivity contribution is 7.92. The Kier molecular flexibility index (Phi) is 3.63. The first kappa shape index (κ1) is 14.3. The lowest BCUT2D eigenvalue weighted by Crippen LogP contribution is -2.17. The number of hydrogen-bond donors (Lipinski definition) is 2. The molecule has 0 fully saturated rings. The number of nitrogens with zero attached hydrogens (tertiary/aromatic N) is 1. The molecule has 20 heavy (non-hydrogen) atoms. The van der Waals surface area contributed by atoms with Gasteiger partial charge >= 0.3 is 0 Å². The lowest BCUT2D eigenvalue weighted by Gasteiger charge is -2.11. The Morgan fingerprint density at radius 3 is 2.55 bits per heavy atom. The molecule has 1 aromatic carbocycles. The predicted octanol–water partition coefficient (Wildman–Crippen LogP) is 2.22. The molecule has 0 aliphatic carbocycles. The van der Waals surface area contributed by atoms with Gasteiger partial charge in [-0.05, 0) is 43.7 Å². The van der Waals surface area contributed by atoms with Crippen molar-refractivity contribution in [1.82, 2.24) is 4.98 Å². The van der Waals surface area contributed by atoms with Crippen LogP contribution in [-0.4, -0.2) is 13.4 Å². The molecule has 0 atom stereocenters. The van der Waals surface area contributed by atoms with Gasteiger partial charge in [-0.3, -0.25) is 4.72 Å². The number of anilines is 2. The van der Waals surface area contributed by atoms with Gasteiger partial charge in [-0.1, -0.05) is 6.07 Å². The molecule has 0 unspecified atom stereocenters. The van der Waals surface area contributed by atoms with E-state index in [9.17, 15) is 12.8 Å². The highest BCUT2D eigenvalue weighted by atomic mass is 32.2. The van der Waals surface area contributed by atoms with Crippen molar-refractivity contribution in [3.63, 3.8) is 0 Å². The number of aromatic nitrogens is 1. The Balaban J connectivity index is 2.46. The van der Waals surface area contributed by atoms with E-state index in [0.717, 1.165) is 11.6 Å². The lowest BCUT2D eigenvalue weighted by atomic mass is 10.2. The van der Waals surface area contributed by atoms with Gasteiger partial charge in [0.2, 0.25) is 0 Å². The normalized spacial score (nSPS) is 11.3. The molecule has 7 heteroatoms. The average molecular weight is 295 g/mol. The second kappa shape index (κ2) is 5.09. The maximum absolute atomic E-state index is 13.7. The second-order valence-electron chi connectivity index (χ2n) is 4.43. The third-order valence-corrected chi connectivity index (χ3v) is 4.05. The van der Waals surface area contributed by atoms with Gasteiger partial charge in [0.05, 0.1) is 5.69 Å². The molecule has 0 saturated heterocycles. The minimum Gasteiger partial charge on any atom is -0.398 e. The van der Waals surface area contributed by atoms with Gasteiger partial charge in [0.1, 0.15) is 16.5 Å². The van der Waals surface area contributed by atoms with Crippen molar-refractivity contribution < 1.29 is 12.8 Å². The minimum absolute atomic E-state index is 0.130. The Bertz CT molecular complexity index is 720. The van der Waals surface area contributed by atoms with E-state index in [4.69, 9.17) is 5.73 Å². The Labute approximate surface area is 116 Å². The van der Waals surface area contributed by atoms with Crippen LogP contribution in [0.15, 0.2) is 35.2 Å². The summed E-state index contributed by atoms with van der Waals surface area (Å²) in [5.74, 6) is -0.771. The number of pyridine rings is 1. The van der Waals surface area contributed by atoms with Crippen molar-refractivity contribution in [3.05, 3.63) is 47.4 Å². The van der Waals surface area contributed by atoms with Gasteiger partial charge in [0.25, 0.3) is 10.0 Å². The largest absolute Gasteiger partial charge is 0.398 e. The number of aryl methyl sites for hydroxylation is 2. The summed E-state index contributed by atoms with van der Waals surface area (Å²) < 4.78 is 40.3. The monoisotopic (exact) mass is 295 g/mol. The summed E-state index contributed by atoms with van der Waals surface area (Å²) in [6.07, 6.45) is 0. The number of benzene rings is 1. The van der Waals surface area contributed by atoms with Crippen LogP contribution in [-0.2, 0) is 10.0 Å². The van der Waals surface area contributed by atoms with Crippen molar-refractivity contribution in [1.29, 1.82) is 0 Å². The zero-order valence-electron chi connectivity index (χ0n) is 11.0. The fourth-order valence-electron chi connectivity index (χ4n) is 1.89. The molecule has 5 nitrogen and oxygen atoms in total. The second-order valence-corrected chi connectivity index (χ2v) is 6.05. The van der Waals surface area contributed by atoms with E-state index in [2.05, 4.69) is 9.71 Å². The van der Waals surface area contributed by atoms with Gasteiger partial charge in [-0.2, -0.15) is 0 Å². The van der Waals surface area contributed by atoms with Crippen molar-refractivity contribution in [2.24, 2.45) is 0 Å². The Hall–Kier alpha value is -2.15. The van der Waals surface area contributed by atoms with Crippen molar-refractivity contribution in [2.45, 2.75) is 18.7 Å². The molecule has 3 N–H and O–H groups in total. The van der Waals surface area contributed by atoms with Crippen LogP contribution in [0.1, 0.15) is 11.3 Å². The number of nitrogen functional groups attached to an aromatic ring is 1. The van der Waals surface area contributed by atoms with Crippen molar-refractivity contribution in [2.75, 3.05) is 10.5 Å². The molecule has 2 rings (SSSR count). The molecule has 0 radical (unpaired) electrons. The Morgan fingerprint density at radius 1 is 1.25 bits per heavy atom. The zero-order valence-corrected chi connectivity index (χ0v) is 11.8. The third kappa shape index (κ3) is 2.88. The first-order chi connectivity index (χ1) is 9.29. The smallest absolute Gasteiger partial charge is 0.268 e. The van der Waals surface area contributed by atoms with E-state index < -0.39 is 20.7 Å². The average Bonchev–Trinajstić information content (AvgIpc) is 2.25. The van der Waals surface area contributed by atoms with E-state index in [1.807, 2.05) is 6.92 Å². The van der Waals surface area contributed by atoms with Gasteiger partial charge in [-0.25, -0.2) is 17.8 Å². The molecule has 0 aliphatic heterocycles. The fourth-order valence-corrected chi connectivity index (χ4v) is 3.08. The standard InChI is InChI=1S/C13H14FN3O2S/c1-8-6-9(2)16-12(7-8)17-20(18,19)13-10(14)4-3-5-11(13)15/h3-7H,15H2,1-2H3,(H,16,17). The summed E-state index contributed by atoms with van der Waals surface area (Å²) >= 11 is 0. The van der Waals surface area contributed by atoms with Gasteiger partial charge in [0, 0.05) is 5.69 Å². The topological polar surface area (TPSA) is 85.1 Å². The SMILES string of the molecule is Cc1cc(C)nc(NS(=O)(=O)c2c(N)cccc2F)c1. The van der Waals surface area contributed by atoms with E-state index in [-0.39, 0.29) is 11.5 Å². The van der Waals surface area contributed by atoms with E-state index in [1.54, 1.807) is 19.1 Å². The quantitative estimate of drug-likeness (QED) is 0.850. The fraction of sp³-hybridized carbons (Fsp3) is 0.154. The number of sulfonamides is 1. The first-order valence-corrected chi connectivity index (χ1v) is 7.30. The van der Waals surface area contributed by atoms with Crippen LogP contribution < -0.4 is 10.5 Å². The zero-order chi connectivity index (χ0) is 14.9. The number of halogens is 1. The van der Waals surface area contributed by atoms with Gasteiger partial charge in [-0.15, -0.1) is 0 Å². The maximum Gasteiger partial charge on any atom is 0.268 e. The summed E-state index contributed by atoms with van der Waals surface area (Å²) in [5, 5.41) is 0. The molecule has 0 amide bonds.